The molecule has 0 aliphatic heterocycles. The molecular weight excluding hydrogens is 298 g/mol. The van der Waals surface area contributed by atoms with E-state index in [1.165, 1.54) is 5.56 Å². The number of hydrogen-bond donors (Lipinski definition) is 2. The van der Waals surface area contributed by atoms with Crippen molar-refractivity contribution in [3.8, 4) is 5.75 Å². The maximum absolute atomic E-state index is 11.7. The van der Waals surface area contributed by atoms with Gasteiger partial charge in [0.25, 0.3) is 0 Å². The molecule has 120 valence electrons. The zero-order valence-corrected chi connectivity index (χ0v) is 13.5. The Morgan fingerprint density at radius 3 is 2.46 bits per heavy atom. The second-order valence-corrected chi connectivity index (χ2v) is 6.64. The summed E-state index contributed by atoms with van der Waals surface area (Å²) in [6, 6.07) is 17.5. The highest BCUT2D eigenvalue weighted by molar-refractivity contribution is 5.95. The molecule has 0 radical (unpaired) electrons. The molecule has 3 N–H and O–H groups in total. The van der Waals surface area contributed by atoms with Gasteiger partial charge in [0.05, 0.1) is 0 Å². The van der Waals surface area contributed by atoms with Gasteiger partial charge in [0.2, 0.25) is 5.91 Å². The zero-order valence-electron chi connectivity index (χ0n) is 13.5. The molecule has 1 amide bonds. The average Bonchev–Trinajstić information content (AvgIpc) is 3.35. The van der Waals surface area contributed by atoms with E-state index in [0.29, 0.717) is 5.56 Å². The van der Waals surface area contributed by atoms with Crippen LogP contribution in [-0.4, -0.2) is 11.0 Å². The maximum Gasteiger partial charge on any atom is 0.248 e. The number of rotatable bonds is 3. The summed E-state index contributed by atoms with van der Waals surface area (Å²) in [7, 11) is 0. The van der Waals surface area contributed by atoms with E-state index < -0.39 is 0 Å². The summed E-state index contributed by atoms with van der Waals surface area (Å²) in [4.78, 5) is 11.7. The third-order valence-corrected chi connectivity index (χ3v) is 5.25. The molecule has 0 heterocycles. The number of nitrogens with two attached hydrogens (primary N) is 1. The van der Waals surface area contributed by atoms with E-state index in [4.69, 9.17) is 5.73 Å². The number of phenols is 1. The van der Waals surface area contributed by atoms with Crippen molar-refractivity contribution in [3.05, 3.63) is 76.9 Å². The molecule has 1 saturated carbocycles. The van der Waals surface area contributed by atoms with Gasteiger partial charge in [0.15, 0.2) is 0 Å². The minimum absolute atomic E-state index is 0.0944. The molecule has 0 spiro atoms. The van der Waals surface area contributed by atoms with Crippen molar-refractivity contribution in [2.24, 2.45) is 5.73 Å². The van der Waals surface area contributed by atoms with Gasteiger partial charge in [-0.1, -0.05) is 36.4 Å². The molecule has 1 aliphatic carbocycles. The topological polar surface area (TPSA) is 63.3 Å². The second-order valence-electron chi connectivity index (χ2n) is 6.64. The first-order valence-electron chi connectivity index (χ1n) is 8.15. The van der Waals surface area contributed by atoms with Crippen LogP contribution in [0.1, 0.15) is 39.9 Å². The Kier molecular flexibility index (Phi) is 3.14. The van der Waals surface area contributed by atoms with Crippen LogP contribution >= 0.6 is 0 Å². The number of phenolic OH excluding ortho intramolecular Hbond substituents is 1. The molecule has 0 saturated heterocycles. The number of aromatic hydroxyl groups is 1. The largest absolute Gasteiger partial charge is 0.508 e. The minimum atomic E-state index is -0.388. The van der Waals surface area contributed by atoms with Crippen molar-refractivity contribution in [2.45, 2.75) is 25.2 Å². The number of amides is 1. The molecular formula is C21H19NO2. The van der Waals surface area contributed by atoms with Crippen LogP contribution in [0.4, 0.5) is 0 Å². The SMILES string of the molecule is Cc1c(C(N)=O)cccc1C1(c2cccc3ccc(O)cc23)CC1. The van der Waals surface area contributed by atoms with Crippen LogP contribution in [0.2, 0.25) is 0 Å². The van der Waals surface area contributed by atoms with Crippen molar-refractivity contribution in [1.29, 1.82) is 0 Å². The van der Waals surface area contributed by atoms with Gasteiger partial charge in [-0.15, -0.1) is 0 Å². The van der Waals surface area contributed by atoms with Crippen LogP contribution < -0.4 is 5.73 Å². The highest BCUT2D eigenvalue weighted by Crippen LogP contribution is 2.56. The molecule has 4 rings (SSSR count). The van der Waals surface area contributed by atoms with Crippen LogP contribution in [0.15, 0.2) is 54.6 Å². The Balaban J connectivity index is 1.96. The first kappa shape index (κ1) is 14.8. The molecule has 1 fully saturated rings. The second kappa shape index (κ2) is 5.10. The summed E-state index contributed by atoms with van der Waals surface area (Å²) in [6.45, 7) is 1.97. The summed E-state index contributed by atoms with van der Waals surface area (Å²) >= 11 is 0. The van der Waals surface area contributed by atoms with Gasteiger partial charge >= 0.3 is 0 Å². The first-order valence-corrected chi connectivity index (χ1v) is 8.15. The van der Waals surface area contributed by atoms with Gasteiger partial charge in [-0.05, 0) is 65.4 Å². The summed E-state index contributed by atoms with van der Waals surface area (Å²) in [5, 5.41) is 12.1. The van der Waals surface area contributed by atoms with Gasteiger partial charge in [0.1, 0.15) is 5.75 Å². The highest BCUT2D eigenvalue weighted by atomic mass is 16.3. The Hall–Kier alpha value is -2.81. The van der Waals surface area contributed by atoms with Crippen molar-refractivity contribution in [2.75, 3.05) is 0 Å². The minimum Gasteiger partial charge on any atom is -0.508 e. The number of carbonyl (C=O) groups excluding carboxylic acids is 1. The smallest absolute Gasteiger partial charge is 0.248 e. The van der Waals surface area contributed by atoms with Crippen molar-refractivity contribution >= 4 is 16.7 Å². The van der Waals surface area contributed by atoms with E-state index in [2.05, 4.69) is 24.3 Å². The fourth-order valence-corrected chi connectivity index (χ4v) is 3.91. The standard InChI is InChI=1S/C21H19NO2/c1-13-16(20(22)24)5-3-6-18(13)21(10-11-21)19-7-2-4-14-8-9-15(23)12-17(14)19/h2-9,12,23H,10-11H2,1H3,(H2,22,24). The summed E-state index contributed by atoms with van der Waals surface area (Å²) in [6.07, 6.45) is 2.07. The van der Waals surface area contributed by atoms with Crippen molar-refractivity contribution in [3.63, 3.8) is 0 Å². The van der Waals surface area contributed by atoms with Gasteiger partial charge in [0, 0.05) is 11.0 Å². The number of benzene rings is 3. The van der Waals surface area contributed by atoms with Crippen LogP contribution in [0.5, 0.6) is 5.75 Å². The third-order valence-electron chi connectivity index (χ3n) is 5.25. The van der Waals surface area contributed by atoms with E-state index >= 15 is 0 Å². The van der Waals surface area contributed by atoms with Gasteiger partial charge in [-0.3, -0.25) is 4.79 Å². The molecule has 3 aromatic rings. The first-order chi connectivity index (χ1) is 11.5. The summed E-state index contributed by atoms with van der Waals surface area (Å²) in [5.41, 5.74) is 9.34. The van der Waals surface area contributed by atoms with Gasteiger partial charge in [-0.25, -0.2) is 0 Å². The lowest BCUT2D eigenvalue weighted by molar-refractivity contribution is 0.0999. The zero-order chi connectivity index (χ0) is 16.9. The Morgan fingerprint density at radius 2 is 1.75 bits per heavy atom. The lowest BCUT2D eigenvalue weighted by Gasteiger charge is -2.22. The van der Waals surface area contributed by atoms with Crippen LogP contribution in [0.25, 0.3) is 10.8 Å². The Labute approximate surface area is 140 Å². The molecule has 0 atom stereocenters. The molecule has 0 unspecified atom stereocenters. The fourth-order valence-electron chi connectivity index (χ4n) is 3.91. The third kappa shape index (κ3) is 2.08. The number of fused-ring (bicyclic) bond motifs is 1. The quantitative estimate of drug-likeness (QED) is 0.766. The van der Waals surface area contributed by atoms with Crippen LogP contribution in [0, 0.1) is 6.92 Å². The van der Waals surface area contributed by atoms with E-state index in [1.807, 2.05) is 25.1 Å². The molecule has 1 aliphatic rings. The fraction of sp³-hybridized carbons (Fsp3) is 0.190. The highest BCUT2D eigenvalue weighted by Gasteiger charge is 2.47. The molecule has 3 nitrogen and oxygen atoms in total. The van der Waals surface area contributed by atoms with Crippen molar-refractivity contribution in [1.82, 2.24) is 0 Å². The summed E-state index contributed by atoms with van der Waals surface area (Å²) < 4.78 is 0. The van der Waals surface area contributed by atoms with E-state index in [0.717, 1.165) is 34.7 Å². The lowest BCUT2D eigenvalue weighted by atomic mass is 9.81. The average molecular weight is 317 g/mol. The van der Waals surface area contributed by atoms with E-state index in [1.54, 1.807) is 12.1 Å². The Bertz CT molecular complexity index is 971. The van der Waals surface area contributed by atoms with Gasteiger partial charge < -0.3 is 10.8 Å². The monoisotopic (exact) mass is 317 g/mol. The number of carbonyl (C=O) groups is 1. The maximum atomic E-state index is 11.7. The molecule has 0 bridgehead atoms. The predicted molar refractivity (Wildman–Crippen MR) is 95.3 cm³/mol. The Morgan fingerprint density at radius 1 is 1.04 bits per heavy atom. The number of hydrogen-bond acceptors (Lipinski definition) is 2. The van der Waals surface area contributed by atoms with E-state index in [9.17, 15) is 9.90 Å². The lowest BCUT2D eigenvalue weighted by Crippen LogP contribution is -2.17. The van der Waals surface area contributed by atoms with Crippen LogP contribution in [0.3, 0.4) is 0 Å². The summed E-state index contributed by atoms with van der Waals surface area (Å²) in [5.74, 6) is -0.117. The molecule has 3 heteroatoms. The van der Waals surface area contributed by atoms with Gasteiger partial charge in [-0.2, -0.15) is 0 Å². The number of primary amides is 1. The van der Waals surface area contributed by atoms with Crippen LogP contribution in [-0.2, 0) is 5.41 Å². The predicted octanol–water partition coefficient (Wildman–Crippen LogP) is 4.03. The molecule has 3 aromatic carbocycles. The van der Waals surface area contributed by atoms with Crippen molar-refractivity contribution < 1.29 is 9.90 Å². The molecule has 24 heavy (non-hydrogen) atoms. The molecule has 0 aromatic heterocycles. The van der Waals surface area contributed by atoms with E-state index in [-0.39, 0.29) is 17.1 Å². The normalized spacial score (nSPS) is 15.4.